The van der Waals surface area contributed by atoms with E-state index in [1.807, 2.05) is 0 Å². The van der Waals surface area contributed by atoms with Crippen LogP contribution in [0.4, 0.5) is 0 Å². The zero-order valence-corrected chi connectivity index (χ0v) is 8.76. The molecule has 0 aliphatic rings. The smallest absolute Gasteiger partial charge is 0.337 e. The number of aromatic carboxylic acids is 1. The molecule has 1 aromatic carbocycles. The van der Waals surface area contributed by atoms with Gasteiger partial charge in [0, 0.05) is 17.5 Å². The molecule has 1 heterocycles. The molecule has 2 aromatic rings. The van der Waals surface area contributed by atoms with Crippen LogP contribution in [-0.2, 0) is 0 Å². The Morgan fingerprint density at radius 2 is 2.06 bits per heavy atom. The van der Waals surface area contributed by atoms with Gasteiger partial charge in [-0.15, -0.1) is 0 Å². The SMILES string of the molecule is COc1cc2c(C(=O)O)cc(=O)oc2cc1O. The minimum Gasteiger partial charge on any atom is -0.504 e. The fraction of sp³-hybridized carbons (Fsp3) is 0.0909. The summed E-state index contributed by atoms with van der Waals surface area (Å²) in [4.78, 5) is 22.1. The lowest BCUT2D eigenvalue weighted by atomic mass is 10.1. The van der Waals surface area contributed by atoms with Crippen LogP contribution in [-0.4, -0.2) is 23.3 Å². The van der Waals surface area contributed by atoms with E-state index >= 15 is 0 Å². The predicted octanol–water partition coefficient (Wildman–Crippen LogP) is 1.21. The van der Waals surface area contributed by atoms with E-state index in [0.29, 0.717) is 0 Å². The second kappa shape index (κ2) is 3.82. The van der Waals surface area contributed by atoms with Crippen molar-refractivity contribution in [2.45, 2.75) is 0 Å². The number of carboxylic acids is 1. The Balaban J connectivity index is 2.91. The number of benzene rings is 1. The quantitative estimate of drug-likeness (QED) is 0.760. The third-order valence-electron chi connectivity index (χ3n) is 2.27. The number of hydrogen-bond donors (Lipinski definition) is 2. The Morgan fingerprint density at radius 3 is 2.65 bits per heavy atom. The molecule has 17 heavy (non-hydrogen) atoms. The van der Waals surface area contributed by atoms with Gasteiger partial charge in [-0.3, -0.25) is 0 Å². The van der Waals surface area contributed by atoms with Crippen molar-refractivity contribution in [2.75, 3.05) is 7.11 Å². The fourth-order valence-electron chi connectivity index (χ4n) is 1.52. The number of phenolic OH excluding ortho intramolecular Hbond substituents is 1. The third-order valence-corrected chi connectivity index (χ3v) is 2.27. The summed E-state index contributed by atoms with van der Waals surface area (Å²) in [6.45, 7) is 0. The average Bonchev–Trinajstić information content (AvgIpc) is 2.26. The molecule has 0 fully saturated rings. The summed E-state index contributed by atoms with van der Waals surface area (Å²) < 4.78 is 9.65. The zero-order valence-electron chi connectivity index (χ0n) is 8.76. The maximum Gasteiger partial charge on any atom is 0.337 e. The molecule has 1 aromatic heterocycles. The second-order valence-electron chi connectivity index (χ2n) is 3.30. The highest BCUT2D eigenvalue weighted by molar-refractivity contribution is 6.02. The van der Waals surface area contributed by atoms with Gasteiger partial charge in [0.2, 0.25) is 0 Å². The van der Waals surface area contributed by atoms with Crippen LogP contribution >= 0.6 is 0 Å². The lowest BCUT2D eigenvalue weighted by molar-refractivity contribution is 0.0698. The van der Waals surface area contributed by atoms with Gasteiger partial charge in [0.25, 0.3) is 0 Å². The molecule has 0 bridgehead atoms. The summed E-state index contributed by atoms with van der Waals surface area (Å²) in [6.07, 6.45) is 0. The van der Waals surface area contributed by atoms with Crippen LogP contribution in [0.15, 0.2) is 27.4 Å². The summed E-state index contributed by atoms with van der Waals surface area (Å²) in [5.41, 5.74) is -0.998. The van der Waals surface area contributed by atoms with Gasteiger partial charge < -0.3 is 19.4 Å². The van der Waals surface area contributed by atoms with E-state index in [4.69, 9.17) is 14.3 Å². The van der Waals surface area contributed by atoms with Crippen molar-refractivity contribution in [3.8, 4) is 11.5 Å². The molecule has 2 N–H and O–H groups in total. The number of fused-ring (bicyclic) bond motifs is 1. The van der Waals surface area contributed by atoms with E-state index in [1.54, 1.807) is 0 Å². The molecule has 0 amide bonds. The van der Waals surface area contributed by atoms with E-state index in [2.05, 4.69) is 0 Å². The van der Waals surface area contributed by atoms with Gasteiger partial charge in [-0.25, -0.2) is 9.59 Å². The van der Waals surface area contributed by atoms with Crippen LogP contribution < -0.4 is 10.4 Å². The first kappa shape index (κ1) is 11.0. The lowest BCUT2D eigenvalue weighted by Crippen LogP contribution is -2.05. The van der Waals surface area contributed by atoms with Gasteiger partial charge in [0.05, 0.1) is 12.7 Å². The Morgan fingerprint density at radius 1 is 1.35 bits per heavy atom. The normalized spacial score (nSPS) is 10.4. The maximum atomic E-state index is 11.1. The molecule has 0 unspecified atom stereocenters. The monoisotopic (exact) mass is 236 g/mol. The van der Waals surface area contributed by atoms with Crippen molar-refractivity contribution >= 4 is 16.9 Å². The second-order valence-corrected chi connectivity index (χ2v) is 3.30. The van der Waals surface area contributed by atoms with Gasteiger partial charge in [-0.2, -0.15) is 0 Å². The first-order chi connectivity index (χ1) is 8.02. The van der Waals surface area contributed by atoms with E-state index in [0.717, 1.165) is 12.1 Å². The van der Waals surface area contributed by atoms with Crippen LogP contribution in [0.1, 0.15) is 10.4 Å². The number of ether oxygens (including phenoxy) is 1. The van der Waals surface area contributed by atoms with Crippen molar-refractivity contribution in [3.05, 3.63) is 34.2 Å². The highest BCUT2D eigenvalue weighted by Crippen LogP contribution is 2.31. The molecule has 88 valence electrons. The largest absolute Gasteiger partial charge is 0.504 e. The molecular weight excluding hydrogens is 228 g/mol. The van der Waals surface area contributed by atoms with Gasteiger partial charge in [0.15, 0.2) is 11.5 Å². The maximum absolute atomic E-state index is 11.1. The molecule has 0 aliphatic carbocycles. The minimum absolute atomic E-state index is 0.00630. The Kier molecular flexibility index (Phi) is 2.47. The van der Waals surface area contributed by atoms with Crippen LogP contribution in [0.5, 0.6) is 11.5 Å². The summed E-state index contributed by atoms with van der Waals surface area (Å²) in [6, 6.07) is 3.32. The van der Waals surface area contributed by atoms with Crippen molar-refractivity contribution in [2.24, 2.45) is 0 Å². The summed E-state index contributed by atoms with van der Waals surface area (Å²) in [5.74, 6) is -1.38. The van der Waals surface area contributed by atoms with E-state index in [-0.39, 0.29) is 28.0 Å². The van der Waals surface area contributed by atoms with Gasteiger partial charge >= 0.3 is 11.6 Å². The Bertz CT molecular complexity index is 655. The molecule has 6 nitrogen and oxygen atoms in total. The predicted molar refractivity (Wildman–Crippen MR) is 57.7 cm³/mol. The van der Waals surface area contributed by atoms with E-state index in [9.17, 15) is 14.7 Å². The topological polar surface area (TPSA) is 97.0 Å². The summed E-state index contributed by atoms with van der Waals surface area (Å²) in [5, 5.41) is 18.6. The Labute approximate surface area is 94.7 Å². The molecule has 2 rings (SSSR count). The first-order valence-corrected chi connectivity index (χ1v) is 4.61. The van der Waals surface area contributed by atoms with Gasteiger partial charge in [-0.05, 0) is 6.07 Å². The average molecular weight is 236 g/mol. The highest BCUT2D eigenvalue weighted by atomic mass is 16.5. The van der Waals surface area contributed by atoms with Gasteiger partial charge in [-0.1, -0.05) is 0 Å². The summed E-state index contributed by atoms with van der Waals surface area (Å²) in [7, 11) is 1.33. The van der Waals surface area contributed by atoms with Crippen LogP contribution in [0.25, 0.3) is 11.0 Å². The number of rotatable bonds is 2. The molecule has 0 aliphatic heterocycles. The number of phenols is 1. The fourth-order valence-corrected chi connectivity index (χ4v) is 1.52. The van der Waals surface area contributed by atoms with Crippen molar-refractivity contribution in [1.29, 1.82) is 0 Å². The molecule has 6 heteroatoms. The third kappa shape index (κ3) is 1.80. The summed E-state index contributed by atoms with van der Waals surface area (Å²) >= 11 is 0. The molecule has 0 atom stereocenters. The first-order valence-electron chi connectivity index (χ1n) is 4.61. The van der Waals surface area contributed by atoms with Crippen LogP contribution in [0, 0.1) is 0 Å². The lowest BCUT2D eigenvalue weighted by Gasteiger charge is -2.06. The van der Waals surface area contributed by atoms with E-state index in [1.165, 1.54) is 13.2 Å². The van der Waals surface area contributed by atoms with Crippen molar-refractivity contribution in [3.63, 3.8) is 0 Å². The molecule has 0 saturated carbocycles. The highest BCUT2D eigenvalue weighted by Gasteiger charge is 2.15. The van der Waals surface area contributed by atoms with Crippen LogP contribution in [0.3, 0.4) is 0 Å². The number of carbonyl (C=O) groups is 1. The van der Waals surface area contributed by atoms with Crippen molar-refractivity contribution < 1.29 is 24.2 Å². The molecule has 0 saturated heterocycles. The van der Waals surface area contributed by atoms with E-state index < -0.39 is 11.6 Å². The molecule has 0 spiro atoms. The zero-order chi connectivity index (χ0) is 12.6. The minimum atomic E-state index is -1.25. The van der Waals surface area contributed by atoms with Gasteiger partial charge in [0.1, 0.15) is 5.58 Å². The molecular formula is C11H8O6. The number of methoxy groups -OCH3 is 1. The standard InChI is InChI=1S/C11H8O6/c1-16-9-2-5-6(11(14)15)3-10(13)17-8(5)4-7(9)12/h2-4,12H,1H3,(H,14,15). The van der Waals surface area contributed by atoms with Crippen LogP contribution in [0.2, 0.25) is 0 Å². The number of hydrogen-bond acceptors (Lipinski definition) is 5. The molecule has 0 radical (unpaired) electrons. The van der Waals surface area contributed by atoms with Crippen molar-refractivity contribution in [1.82, 2.24) is 0 Å². The Hall–Kier alpha value is -2.50. The number of aromatic hydroxyl groups is 1. The number of carboxylic acid groups (broad SMARTS) is 1.